The van der Waals surface area contributed by atoms with Gasteiger partial charge in [-0.1, -0.05) is 30.3 Å². The number of carbonyl (C=O) groups is 1. The molecule has 0 saturated carbocycles. The van der Waals surface area contributed by atoms with Crippen LogP contribution in [0.2, 0.25) is 0 Å². The fourth-order valence-corrected chi connectivity index (χ4v) is 1.83. The van der Waals surface area contributed by atoms with E-state index in [0.29, 0.717) is 12.2 Å². The maximum Gasteiger partial charge on any atom is 0.316 e. The van der Waals surface area contributed by atoms with Gasteiger partial charge in [-0.15, -0.1) is 0 Å². The van der Waals surface area contributed by atoms with Crippen LogP contribution in [0.5, 0.6) is 0 Å². The van der Waals surface area contributed by atoms with Crippen molar-refractivity contribution in [2.24, 2.45) is 5.73 Å². The van der Waals surface area contributed by atoms with Gasteiger partial charge in [0.1, 0.15) is 0 Å². The Bertz CT molecular complexity index is 615. The van der Waals surface area contributed by atoms with E-state index in [9.17, 15) is 13.6 Å². The van der Waals surface area contributed by atoms with Crippen LogP contribution in [-0.2, 0) is 6.54 Å². The Kier molecular flexibility index (Phi) is 4.71. The molecule has 0 aliphatic carbocycles. The minimum atomic E-state index is -2.46. The molecule has 0 aromatic heterocycles. The molecular formula is C15H15F2N3O. The van der Waals surface area contributed by atoms with Crippen molar-refractivity contribution >= 4 is 17.4 Å². The maximum atomic E-state index is 12.4. The lowest BCUT2D eigenvalue weighted by atomic mass is 10.1. The summed E-state index contributed by atoms with van der Waals surface area (Å²) in [5.74, 6) is 0. The molecule has 2 amide bonds. The lowest BCUT2D eigenvalue weighted by Crippen LogP contribution is -2.19. The van der Waals surface area contributed by atoms with Crippen LogP contribution < -0.4 is 16.4 Å². The molecule has 0 bridgehead atoms. The molecule has 2 aromatic carbocycles. The molecule has 0 aliphatic rings. The average Bonchev–Trinajstić information content (AvgIpc) is 2.45. The van der Waals surface area contributed by atoms with Gasteiger partial charge in [-0.05, 0) is 23.8 Å². The summed E-state index contributed by atoms with van der Waals surface area (Å²) in [6, 6.07) is 12.5. The maximum absolute atomic E-state index is 12.4. The zero-order chi connectivity index (χ0) is 15.2. The summed E-state index contributed by atoms with van der Waals surface area (Å²) in [6.07, 6.45) is -2.46. The molecule has 2 rings (SSSR count). The molecule has 110 valence electrons. The van der Waals surface area contributed by atoms with E-state index >= 15 is 0 Å². The highest BCUT2D eigenvalue weighted by atomic mass is 19.3. The van der Waals surface area contributed by atoms with Gasteiger partial charge in [0.25, 0.3) is 6.43 Å². The molecule has 4 nitrogen and oxygen atoms in total. The molecule has 0 unspecified atom stereocenters. The highest BCUT2D eigenvalue weighted by molar-refractivity contribution is 5.88. The van der Waals surface area contributed by atoms with Crippen LogP contribution >= 0.6 is 0 Å². The monoisotopic (exact) mass is 291 g/mol. The van der Waals surface area contributed by atoms with Gasteiger partial charge in [0, 0.05) is 23.5 Å². The van der Waals surface area contributed by atoms with E-state index in [1.54, 1.807) is 30.3 Å². The second kappa shape index (κ2) is 6.69. The van der Waals surface area contributed by atoms with Crippen molar-refractivity contribution in [1.82, 2.24) is 0 Å². The third-order valence-corrected chi connectivity index (χ3v) is 2.86. The van der Waals surface area contributed by atoms with E-state index in [1.807, 2.05) is 6.07 Å². The topological polar surface area (TPSA) is 67.2 Å². The van der Waals surface area contributed by atoms with Crippen molar-refractivity contribution in [3.8, 4) is 0 Å². The Hall–Kier alpha value is -2.63. The minimum Gasteiger partial charge on any atom is -0.381 e. The summed E-state index contributed by atoms with van der Waals surface area (Å²) in [7, 11) is 0. The number of primary amides is 1. The largest absolute Gasteiger partial charge is 0.381 e. The number of nitrogens with two attached hydrogens (primary N) is 1. The molecule has 0 heterocycles. The summed E-state index contributed by atoms with van der Waals surface area (Å²) < 4.78 is 24.9. The Morgan fingerprint density at radius 1 is 1.10 bits per heavy atom. The first-order valence-electron chi connectivity index (χ1n) is 6.32. The molecule has 0 fully saturated rings. The van der Waals surface area contributed by atoms with E-state index < -0.39 is 12.5 Å². The number of hydrogen-bond donors (Lipinski definition) is 3. The predicted octanol–water partition coefficient (Wildman–Crippen LogP) is 3.73. The number of carbonyl (C=O) groups excluding carboxylic acids is 1. The smallest absolute Gasteiger partial charge is 0.316 e. The highest BCUT2D eigenvalue weighted by Gasteiger charge is 2.05. The third-order valence-electron chi connectivity index (χ3n) is 2.86. The van der Waals surface area contributed by atoms with Crippen LogP contribution in [0.3, 0.4) is 0 Å². The first-order chi connectivity index (χ1) is 10.0. The van der Waals surface area contributed by atoms with Gasteiger partial charge in [-0.3, -0.25) is 0 Å². The summed E-state index contributed by atoms with van der Waals surface area (Å²) in [6.45, 7) is 0.490. The van der Waals surface area contributed by atoms with Gasteiger partial charge in [0.15, 0.2) is 0 Å². The van der Waals surface area contributed by atoms with Gasteiger partial charge in [0.2, 0.25) is 0 Å². The molecule has 0 atom stereocenters. The number of nitrogens with one attached hydrogen (secondary N) is 2. The Morgan fingerprint density at radius 2 is 1.76 bits per heavy atom. The van der Waals surface area contributed by atoms with Crippen LogP contribution in [0.4, 0.5) is 25.0 Å². The fourth-order valence-electron chi connectivity index (χ4n) is 1.83. The van der Waals surface area contributed by atoms with Crippen molar-refractivity contribution < 1.29 is 13.6 Å². The summed E-state index contributed by atoms with van der Waals surface area (Å²) in [5.41, 5.74) is 7.31. The van der Waals surface area contributed by atoms with Crippen molar-refractivity contribution in [3.05, 3.63) is 59.7 Å². The van der Waals surface area contributed by atoms with E-state index in [0.717, 1.165) is 11.3 Å². The number of amides is 2. The number of anilines is 2. The number of urea groups is 1. The first kappa shape index (κ1) is 14.8. The van der Waals surface area contributed by atoms with E-state index in [-0.39, 0.29) is 5.56 Å². The minimum absolute atomic E-state index is 0.00593. The highest BCUT2D eigenvalue weighted by Crippen LogP contribution is 2.20. The number of rotatable bonds is 5. The number of alkyl halides is 2. The molecule has 0 aliphatic heterocycles. The van der Waals surface area contributed by atoms with Crippen LogP contribution in [-0.4, -0.2) is 6.03 Å². The van der Waals surface area contributed by atoms with Crippen molar-refractivity contribution in [3.63, 3.8) is 0 Å². The fraction of sp³-hybridized carbons (Fsp3) is 0.133. The normalized spacial score (nSPS) is 10.4. The quantitative estimate of drug-likeness (QED) is 0.785. The average molecular weight is 291 g/mol. The molecule has 4 N–H and O–H groups in total. The van der Waals surface area contributed by atoms with E-state index in [2.05, 4.69) is 10.6 Å². The van der Waals surface area contributed by atoms with E-state index in [1.165, 1.54) is 12.1 Å². The van der Waals surface area contributed by atoms with Crippen molar-refractivity contribution in [2.75, 3.05) is 10.6 Å². The number of halogens is 2. The van der Waals surface area contributed by atoms with Gasteiger partial charge in [-0.25, -0.2) is 13.6 Å². The zero-order valence-electron chi connectivity index (χ0n) is 11.1. The number of hydrogen-bond acceptors (Lipinski definition) is 2. The number of benzene rings is 2. The Labute approximate surface area is 121 Å². The molecule has 0 spiro atoms. The van der Waals surface area contributed by atoms with Gasteiger partial charge < -0.3 is 16.4 Å². The molecular weight excluding hydrogens is 276 g/mol. The van der Waals surface area contributed by atoms with Crippen LogP contribution in [0.15, 0.2) is 48.5 Å². The third kappa shape index (κ3) is 4.45. The second-order valence-corrected chi connectivity index (χ2v) is 4.47. The zero-order valence-corrected chi connectivity index (χ0v) is 11.1. The van der Waals surface area contributed by atoms with Gasteiger partial charge >= 0.3 is 6.03 Å². The molecule has 6 heteroatoms. The molecule has 2 aromatic rings. The summed E-state index contributed by atoms with van der Waals surface area (Å²) in [4.78, 5) is 10.8. The van der Waals surface area contributed by atoms with Crippen LogP contribution in [0.25, 0.3) is 0 Å². The lowest BCUT2D eigenvalue weighted by molar-refractivity contribution is 0.151. The van der Waals surface area contributed by atoms with Crippen LogP contribution in [0.1, 0.15) is 17.6 Å². The van der Waals surface area contributed by atoms with Crippen molar-refractivity contribution in [2.45, 2.75) is 13.0 Å². The molecule has 21 heavy (non-hydrogen) atoms. The Balaban J connectivity index is 1.97. The standard InChI is InChI=1S/C15H15F2N3O/c16-14(17)11-6-4-10(5-7-11)9-19-12-2-1-3-13(8-12)20-15(18)21/h1-8,14,19H,9H2,(H3,18,20,21). The first-order valence-corrected chi connectivity index (χ1v) is 6.32. The predicted molar refractivity (Wildman–Crippen MR) is 78.4 cm³/mol. The van der Waals surface area contributed by atoms with Crippen molar-refractivity contribution in [1.29, 1.82) is 0 Å². The second-order valence-electron chi connectivity index (χ2n) is 4.47. The Morgan fingerprint density at radius 3 is 2.38 bits per heavy atom. The summed E-state index contributed by atoms with van der Waals surface area (Å²) >= 11 is 0. The summed E-state index contributed by atoms with van der Waals surface area (Å²) in [5, 5.41) is 5.62. The van der Waals surface area contributed by atoms with Gasteiger partial charge in [-0.2, -0.15) is 0 Å². The van der Waals surface area contributed by atoms with Gasteiger partial charge in [0.05, 0.1) is 0 Å². The lowest BCUT2D eigenvalue weighted by Gasteiger charge is -2.09. The van der Waals surface area contributed by atoms with Crippen LogP contribution in [0, 0.1) is 0 Å². The molecule has 0 radical (unpaired) electrons. The SMILES string of the molecule is NC(=O)Nc1cccc(NCc2ccc(C(F)F)cc2)c1. The van der Waals surface area contributed by atoms with E-state index in [4.69, 9.17) is 5.73 Å². The molecule has 0 saturated heterocycles.